The second-order valence-electron chi connectivity index (χ2n) is 4.64. The van der Waals surface area contributed by atoms with Crippen molar-refractivity contribution in [3.63, 3.8) is 0 Å². The Hall–Kier alpha value is -2.16. The molecule has 1 amide bonds. The van der Waals surface area contributed by atoms with Crippen LogP contribution in [0.5, 0.6) is 0 Å². The average molecular weight is 370 g/mol. The molecular formula is C18H39N7O. The van der Waals surface area contributed by atoms with E-state index in [2.05, 4.69) is 16.5 Å². The van der Waals surface area contributed by atoms with Gasteiger partial charge in [0.2, 0.25) is 0 Å². The third-order valence-corrected chi connectivity index (χ3v) is 3.10. The van der Waals surface area contributed by atoms with E-state index in [0.717, 1.165) is 18.8 Å². The molecule has 152 valence electrons. The van der Waals surface area contributed by atoms with Gasteiger partial charge in [0.25, 0.3) is 5.91 Å². The highest BCUT2D eigenvalue weighted by Crippen LogP contribution is 2.11. The molecule has 0 aromatic carbocycles. The average Bonchev–Trinajstić information content (AvgIpc) is 2.65. The van der Waals surface area contributed by atoms with Gasteiger partial charge in [0.15, 0.2) is 5.96 Å². The van der Waals surface area contributed by atoms with Gasteiger partial charge in [0.05, 0.1) is 0 Å². The molecule has 26 heavy (non-hydrogen) atoms. The molecule has 0 radical (unpaired) electrons. The Labute approximate surface area is 159 Å². The maximum absolute atomic E-state index is 11.4. The van der Waals surface area contributed by atoms with E-state index >= 15 is 0 Å². The summed E-state index contributed by atoms with van der Waals surface area (Å²) in [5.41, 5.74) is 17.4. The number of carbonyl (C=O) groups is 1. The number of aliphatic imine (C=N–C) groups is 1. The SMILES string of the molecule is C=C/C=C(\C=C/C)N1CCN(C(N)=NC(=O)C(N)N)CC1.CC.CC.N. The Kier molecular flexibility index (Phi) is 19.4. The predicted molar refractivity (Wildman–Crippen MR) is 113 cm³/mol. The fourth-order valence-electron chi connectivity index (χ4n) is 2.01. The molecule has 0 aromatic rings. The molecule has 0 aliphatic carbocycles. The van der Waals surface area contributed by atoms with E-state index in [1.54, 1.807) is 6.08 Å². The molecule has 1 saturated heterocycles. The number of guanidine groups is 1. The van der Waals surface area contributed by atoms with Gasteiger partial charge in [0, 0.05) is 31.9 Å². The first kappa shape index (κ1) is 28.6. The Morgan fingerprint density at radius 3 is 1.92 bits per heavy atom. The van der Waals surface area contributed by atoms with Gasteiger partial charge in [-0.05, 0) is 19.1 Å². The van der Waals surface area contributed by atoms with E-state index in [-0.39, 0.29) is 12.1 Å². The normalized spacial score (nSPS) is 14.8. The molecule has 0 spiro atoms. The molecule has 0 saturated carbocycles. The summed E-state index contributed by atoms with van der Waals surface area (Å²) < 4.78 is 0. The van der Waals surface area contributed by atoms with Crippen molar-refractivity contribution in [1.82, 2.24) is 16.0 Å². The smallest absolute Gasteiger partial charge is 0.280 e. The van der Waals surface area contributed by atoms with Crippen LogP contribution in [-0.4, -0.2) is 54.0 Å². The Morgan fingerprint density at radius 2 is 1.54 bits per heavy atom. The first-order valence-electron chi connectivity index (χ1n) is 8.84. The summed E-state index contributed by atoms with van der Waals surface area (Å²) in [6, 6.07) is 0. The van der Waals surface area contributed by atoms with Crippen LogP contribution >= 0.6 is 0 Å². The summed E-state index contributed by atoms with van der Waals surface area (Å²) in [5, 5.41) is 0. The maximum Gasteiger partial charge on any atom is 0.280 e. The fourth-order valence-corrected chi connectivity index (χ4v) is 2.01. The predicted octanol–water partition coefficient (Wildman–Crippen LogP) is 1.55. The number of nitrogens with zero attached hydrogens (tertiary/aromatic N) is 3. The third kappa shape index (κ3) is 10.7. The van der Waals surface area contributed by atoms with Crippen molar-refractivity contribution < 1.29 is 4.79 Å². The van der Waals surface area contributed by atoms with Crippen molar-refractivity contribution >= 4 is 11.9 Å². The lowest BCUT2D eigenvalue weighted by molar-refractivity contribution is -0.118. The molecule has 1 heterocycles. The Balaban J connectivity index is -0.000000985. The highest BCUT2D eigenvalue weighted by atomic mass is 16.2. The zero-order valence-corrected chi connectivity index (χ0v) is 17.1. The molecule has 0 bridgehead atoms. The standard InChI is InChI=1S/C14H24N6O.2C2H6.H3N/c1-3-5-11(6-4-2)19-7-9-20(10-8-19)14(17)18-13(21)12(15)16;2*1-2;/h3-6,12H,1,7-10,15-16H2,2H3,(H2,17,18,21);2*1-2H3;1H3/b6-4-,11-5+;;;. The molecule has 1 aliphatic heterocycles. The quantitative estimate of drug-likeness (QED) is 0.254. The van der Waals surface area contributed by atoms with Crippen LogP contribution in [0.15, 0.2) is 41.6 Å². The second-order valence-corrected chi connectivity index (χ2v) is 4.64. The van der Waals surface area contributed by atoms with Crippen molar-refractivity contribution in [1.29, 1.82) is 0 Å². The summed E-state index contributed by atoms with van der Waals surface area (Å²) in [5.74, 6) is -0.447. The van der Waals surface area contributed by atoms with E-state index in [1.165, 1.54) is 0 Å². The van der Waals surface area contributed by atoms with E-state index in [0.29, 0.717) is 13.1 Å². The van der Waals surface area contributed by atoms with E-state index in [9.17, 15) is 4.79 Å². The van der Waals surface area contributed by atoms with Crippen molar-refractivity contribution in [2.24, 2.45) is 22.2 Å². The van der Waals surface area contributed by atoms with Gasteiger partial charge < -0.3 is 33.2 Å². The molecule has 8 nitrogen and oxygen atoms in total. The first-order chi connectivity index (χ1) is 12.0. The van der Waals surface area contributed by atoms with Crippen LogP contribution in [-0.2, 0) is 4.79 Å². The maximum atomic E-state index is 11.4. The molecule has 1 aliphatic rings. The second kappa shape index (κ2) is 17.7. The molecule has 0 atom stereocenters. The van der Waals surface area contributed by atoms with E-state index in [4.69, 9.17) is 17.2 Å². The van der Waals surface area contributed by atoms with Gasteiger partial charge in [-0.3, -0.25) is 4.79 Å². The van der Waals surface area contributed by atoms with Crippen molar-refractivity contribution in [3.05, 3.63) is 36.6 Å². The molecule has 1 fully saturated rings. The number of carbonyl (C=O) groups excluding carboxylic acids is 1. The fraction of sp³-hybridized carbons (Fsp3) is 0.556. The van der Waals surface area contributed by atoms with E-state index < -0.39 is 12.1 Å². The molecule has 9 N–H and O–H groups in total. The minimum Gasteiger partial charge on any atom is -0.369 e. The van der Waals surface area contributed by atoms with Crippen LogP contribution in [0.2, 0.25) is 0 Å². The van der Waals surface area contributed by atoms with Crippen LogP contribution in [0.3, 0.4) is 0 Å². The number of hydrogen-bond donors (Lipinski definition) is 4. The van der Waals surface area contributed by atoms with Gasteiger partial charge in [-0.15, -0.1) is 0 Å². The van der Waals surface area contributed by atoms with Crippen molar-refractivity contribution in [2.45, 2.75) is 40.8 Å². The van der Waals surface area contributed by atoms with Gasteiger partial charge in [0.1, 0.15) is 6.17 Å². The monoisotopic (exact) mass is 369 g/mol. The topological polar surface area (TPSA) is 149 Å². The van der Waals surface area contributed by atoms with Crippen LogP contribution in [0.25, 0.3) is 0 Å². The molecule has 0 aromatic heterocycles. The van der Waals surface area contributed by atoms with Crippen molar-refractivity contribution in [3.8, 4) is 0 Å². The summed E-state index contributed by atoms with van der Waals surface area (Å²) in [4.78, 5) is 19.1. The lowest BCUT2D eigenvalue weighted by Gasteiger charge is -2.37. The molecule has 0 unspecified atom stereocenters. The molecule has 1 rings (SSSR count). The lowest BCUT2D eigenvalue weighted by Crippen LogP contribution is -2.51. The highest BCUT2D eigenvalue weighted by Gasteiger charge is 2.20. The zero-order chi connectivity index (χ0) is 19.8. The van der Waals surface area contributed by atoms with Gasteiger partial charge in [-0.2, -0.15) is 4.99 Å². The number of allylic oxidation sites excluding steroid dienone is 4. The van der Waals surface area contributed by atoms with Gasteiger partial charge in [-0.1, -0.05) is 46.4 Å². The highest BCUT2D eigenvalue weighted by molar-refractivity contribution is 5.94. The summed E-state index contributed by atoms with van der Waals surface area (Å²) >= 11 is 0. The Bertz CT molecular complexity index is 462. The van der Waals surface area contributed by atoms with Gasteiger partial charge >= 0.3 is 0 Å². The largest absolute Gasteiger partial charge is 0.369 e. The van der Waals surface area contributed by atoms with E-state index in [1.807, 2.05) is 57.7 Å². The minimum atomic E-state index is -1.12. The minimum absolute atomic E-state index is 0. The number of piperazine rings is 1. The first-order valence-corrected chi connectivity index (χ1v) is 8.84. The molecule has 8 heteroatoms. The van der Waals surface area contributed by atoms with Crippen molar-refractivity contribution in [2.75, 3.05) is 26.2 Å². The summed E-state index contributed by atoms with van der Waals surface area (Å²) in [7, 11) is 0. The number of rotatable bonds is 4. The number of amides is 1. The van der Waals surface area contributed by atoms with Crippen LogP contribution in [0.1, 0.15) is 34.6 Å². The van der Waals surface area contributed by atoms with Gasteiger partial charge in [-0.25, -0.2) is 0 Å². The number of hydrogen-bond acceptors (Lipinski definition) is 5. The summed E-state index contributed by atoms with van der Waals surface area (Å²) in [6.45, 7) is 16.6. The molecular weight excluding hydrogens is 330 g/mol. The zero-order valence-electron chi connectivity index (χ0n) is 17.1. The van der Waals surface area contributed by atoms with Crippen LogP contribution in [0, 0.1) is 0 Å². The lowest BCUT2D eigenvalue weighted by atomic mass is 10.2. The van der Waals surface area contributed by atoms with Crippen LogP contribution < -0.4 is 23.4 Å². The van der Waals surface area contributed by atoms with Crippen LogP contribution in [0.4, 0.5) is 0 Å². The summed E-state index contributed by atoms with van der Waals surface area (Å²) in [6.07, 6.45) is 6.62. The Morgan fingerprint density at radius 1 is 1.08 bits per heavy atom. The third-order valence-electron chi connectivity index (χ3n) is 3.10. The number of nitrogens with two attached hydrogens (primary N) is 3.